The molecule has 1 aromatic heterocycles. The largest absolute Gasteiger partial charge is 0.458 e. The van der Waals surface area contributed by atoms with Gasteiger partial charge in [0.2, 0.25) is 5.78 Å². The second-order valence-electron chi connectivity index (χ2n) is 5.01. The van der Waals surface area contributed by atoms with Crippen molar-refractivity contribution in [3.8, 4) is 0 Å². The van der Waals surface area contributed by atoms with Crippen LogP contribution < -0.4 is 5.32 Å². The van der Waals surface area contributed by atoms with Crippen LogP contribution in [0, 0.1) is 6.92 Å². The van der Waals surface area contributed by atoms with Crippen molar-refractivity contribution in [1.82, 2.24) is 0 Å². The summed E-state index contributed by atoms with van der Waals surface area (Å²) >= 11 is 3.30. The van der Waals surface area contributed by atoms with Gasteiger partial charge in [-0.25, -0.2) is 0 Å². The standard InChI is InChI=1S/C15H12BrNO4/c1-8-2-5-13(21-8)12(18)7-15(20)10-6-9(16)3-4-11(10)17-14(15)19/h2-6,20H,7H2,1H3,(H,17,19)/t15-/m1/s1. The number of carbonyl (C=O) groups is 2. The number of amides is 1. The quantitative estimate of drug-likeness (QED) is 0.835. The molecule has 2 N–H and O–H groups in total. The SMILES string of the molecule is Cc1ccc(C(=O)C[C@]2(O)C(=O)Nc3ccc(Br)cc32)o1. The average molecular weight is 350 g/mol. The molecule has 1 aliphatic heterocycles. The summed E-state index contributed by atoms with van der Waals surface area (Å²) in [5.74, 6) is -0.290. The van der Waals surface area contributed by atoms with Gasteiger partial charge in [-0.2, -0.15) is 0 Å². The van der Waals surface area contributed by atoms with Crippen LogP contribution in [0.5, 0.6) is 0 Å². The molecule has 6 heteroatoms. The number of Topliss-reactive ketones (excluding diaryl/α,β-unsaturated/α-hetero) is 1. The van der Waals surface area contributed by atoms with Gasteiger partial charge < -0.3 is 14.8 Å². The molecule has 0 saturated heterocycles. The molecule has 2 heterocycles. The molecule has 0 fully saturated rings. The third-order valence-electron chi connectivity index (χ3n) is 3.48. The molecular weight excluding hydrogens is 338 g/mol. The zero-order chi connectivity index (χ0) is 15.2. The Bertz CT molecular complexity index is 752. The maximum Gasteiger partial charge on any atom is 0.261 e. The summed E-state index contributed by atoms with van der Waals surface area (Å²) in [5.41, 5.74) is -0.982. The summed E-state index contributed by atoms with van der Waals surface area (Å²) in [6, 6.07) is 8.26. The summed E-state index contributed by atoms with van der Waals surface area (Å²) in [6.45, 7) is 1.72. The van der Waals surface area contributed by atoms with Crippen molar-refractivity contribution in [2.24, 2.45) is 0 Å². The predicted octanol–water partition coefficient (Wildman–Crippen LogP) is 2.76. The number of aryl methyl sites for hydroxylation is 1. The Kier molecular flexibility index (Phi) is 3.22. The van der Waals surface area contributed by atoms with E-state index in [1.165, 1.54) is 6.07 Å². The zero-order valence-electron chi connectivity index (χ0n) is 11.1. The zero-order valence-corrected chi connectivity index (χ0v) is 12.7. The lowest BCUT2D eigenvalue weighted by atomic mass is 9.89. The van der Waals surface area contributed by atoms with Crippen LogP contribution in [0.2, 0.25) is 0 Å². The van der Waals surface area contributed by atoms with Crippen molar-refractivity contribution in [2.75, 3.05) is 5.32 Å². The van der Waals surface area contributed by atoms with E-state index in [1.54, 1.807) is 31.2 Å². The Morgan fingerprint density at radius 3 is 2.81 bits per heavy atom. The predicted molar refractivity (Wildman–Crippen MR) is 79.1 cm³/mol. The van der Waals surface area contributed by atoms with E-state index in [9.17, 15) is 14.7 Å². The second kappa shape index (κ2) is 4.82. The first-order chi connectivity index (χ1) is 9.90. The van der Waals surface area contributed by atoms with E-state index in [1.807, 2.05) is 0 Å². The van der Waals surface area contributed by atoms with Gasteiger partial charge in [0.1, 0.15) is 5.76 Å². The molecule has 1 atom stereocenters. The molecule has 0 spiro atoms. The Labute approximate surface area is 129 Å². The van der Waals surface area contributed by atoms with E-state index in [-0.39, 0.29) is 12.2 Å². The molecule has 0 aliphatic carbocycles. The third-order valence-corrected chi connectivity index (χ3v) is 3.98. The van der Waals surface area contributed by atoms with Crippen LogP contribution in [0.1, 0.15) is 28.3 Å². The number of anilines is 1. The van der Waals surface area contributed by atoms with Crippen LogP contribution in [-0.4, -0.2) is 16.8 Å². The fraction of sp³-hybridized carbons (Fsp3) is 0.200. The number of nitrogens with one attached hydrogen (secondary N) is 1. The Morgan fingerprint density at radius 2 is 2.14 bits per heavy atom. The maximum atomic E-state index is 12.2. The molecule has 0 bridgehead atoms. The number of fused-ring (bicyclic) bond motifs is 1. The summed E-state index contributed by atoms with van der Waals surface area (Å²) in [7, 11) is 0. The first-order valence-corrected chi connectivity index (χ1v) is 7.13. The van der Waals surface area contributed by atoms with Gasteiger partial charge in [0.25, 0.3) is 5.91 Å². The molecule has 1 aliphatic rings. The minimum Gasteiger partial charge on any atom is -0.458 e. The molecule has 21 heavy (non-hydrogen) atoms. The lowest BCUT2D eigenvalue weighted by Gasteiger charge is -2.19. The van der Waals surface area contributed by atoms with Crippen LogP contribution in [0.3, 0.4) is 0 Å². The molecule has 0 radical (unpaired) electrons. The van der Waals surface area contributed by atoms with Crippen LogP contribution in [0.15, 0.2) is 39.2 Å². The third kappa shape index (κ3) is 2.30. The van der Waals surface area contributed by atoms with Gasteiger partial charge in [0.15, 0.2) is 11.4 Å². The highest BCUT2D eigenvalue weighted by molar-refractivity contribution is 9.10. The van der Waals surface area contributed by atoms with Crippen LogP contribution >= 0.6 is 15.9 Å². The minimum atomic E-state index is -1.88. The van der Waals surface area contributed by atoms with Gasteiger partial charge in [0, 0.05) is 15.7 Å². The highest BCUT2D eigenvalue weighted by Gasteiger charge is 2.47. The van der Waals surface area contributed by atoms with Crippen LogP contribution in [-0.2, 0) is 10.4 Å². The molecule has 3 rings (SSSR count). The summed E-state index contributed by atoms with van der Waals surface area (Å²) in [6.07, 6.45) is -0.366. The molecular formula is C15H12BrNO4. The van der Waals surface area contributed by atoms with E-state index in [0.29, 0.717) is 17.0 Å². The molecule has 1 aromatic carbocycles. The van der Waals surface area contributed by atoms with E-state index in [0.717, 1.165) is 4.47 Å². The Balaban J connectivity index is 1.96. The number of carbonyl (C=O) groups excluding carboxylic acids is 2. The topological polar surface area (TPSA) is 79.5 Å². The van der Waals surface area contributed by atoms with Gasteiger partial charge in [-0.05, 0) is 37.3 Å². The Hall–Kier alpha value is -1.92. The van der Waals surface area contributed by atoms with Crippen molar-refractivity contribution >= 4 is 33.3 Å². The van der Waals surface area contributed by atoms with Gasteiger partial charge in [-0.1, -0.05) is 15.9 Å². The second-order valence-corrected chi connectivity index (χ2v) is 5.93. The summed E-state index contributed by atoms with van der Waals surface area (Å²) in [4.78, 5) is 24.3. The smallest absolute Gasteiger partial charge is 0.261 e. The monoisotopic (exact) mass is 349 g/mol. The normalized spacial score (nSPS) is 20.2. The van der Waals surface area contributed by atoms with E-state index in [2.05, 4.69) is 21.2 Å². The average Bonchev–Trinajstić information content (AvgIpc) is 2.95. The number of ketones is 1. The summed E-state index contributed by atoms with van der Waals surface area (Å²) < 4.78 is 5.97. The van der Waals surface area contributed by atoms with E-state index >= 15 is 0 Å². The highest BCUT2D eigenvalue weighted by Crippen LogP contribution is 2.40. The summed E-state index contributed by atoms with van der Waals surface area (Å²) in [5, 5.41) is 13.3. The molecule has 1 amide bonds. The number of aliphatic hydroxyl groups is 1. The molecule has 108 valence electrons. The van der Waals surface area contributed by atoms with E-state index in [4.69, 9.17) is 4.42 Å². The van der Waals surface area contributed by atoms with Gasteiger partial charge in [-0.3, -0.25) is 9.59 Å². The minimum absolute atomic E-state index is 0.136. The first kappa shape index (κ1) is 14.0. The van der Waals surface area contributed by atoms with Crippen molar-refractivity contribution in [3.05, 3.63) is 51.9 Å². The van der Waals surface area contributed by atoms with Crippen molar-refractivity contribution in [2.45, 2.75) is 18.9 Å². The number of hydrogen-bond acceptors (Lipinski definition) is 4. The maximum absolute atomic E-state index is 12.2. The first-order valence-electron chi connectivity index (χ1n) is 6.33. The lowest BCUT2D eigenvalue weighted by Crippen LogP contribution is -2.36. The van der Waals surface area contributed by atoms with Crippen molar-refractivity contribution < 1.29 is 19.1 Å². The molecule has 5 nitrogen and oxygen atoms in total. The van der Waals surface area contributed by atoms with Crippen LogP contribution in [0.25, 0.3) is 0 Å². The molecule has 2 aromatic rings. The van der Waals surface area contributed by atoms with Gasteiger partial charge in [0.05, 0.1) is 6.42 Å². The number of halogens is 1. The van der Waals surface area contributed by atoms with Gasteiger partial charge in [-0.15, -0.1) is 0 Å². The van der Waals surface area contributed by atoms with Crippen molar-refractivity contribution in [3.63, 3.8) is 0 Å². The Morgan fingerprint density at radius 1 is 1.38 bits per heavy atom. The molecule has 0 saturated carbocycles. The lowest BCUT2D eigenvalue weighted by molar-refractivity contribution is -0.133. The fourth-order valence-corrected chi connectivity index (χ4v) is 2.76. The number of hydrogen-bond donors (Lipinski definition) is 2. The molecule has 0 unspecified atom stereocenters. The van der Waals surface area contributed by atoms with Crippen LogP contribution in [0.4, 0.5) is 5.69 Å². The highest BCUT2D eigenvalue weighted by atomic mass is 79.9. The van der Waals surface area contributed by atoms with Crippen molar-refractivity contribution in [1.29, 1.82) is 0 Å². The number of benzene rings is 1. The van der Waals surface area contributed by atoms with E-state index < -0.39 is 17.3 Å². The van der Waals surface area contributed by atoms with Gasteiger partial charge >= 0.3 is 0 Å². The number of rotatable bonds is 3. The fourth-order valence-electron chi connectivity index (χ4n) is 2.40. The number of furan rings is 1.